The number of ether oxygens (including phenoxy) is 3. The number of allylic oxidation sites excluding steroid dienone is 3. The van der Waals surface area contributed by atoms with Gasteiger partial charge in [-0.2, -0.15) is 0 Å². The lowest BCUT2D eigenvalue weighted by Gasteiger charge is -2.35. The monoisotopic (exact) mass is 513 g/mol. The van der Waals surface area contributed by atoms with Crippen LogP contribution in [-0.4, -0.2) is 26.0 Å². The summed E-state index contributed by atoms with van der Waals surface area (Å²) in [5.41, 5.74) is 4.29. The number of ketones is 1. The van der Waals surface area contributed by atoms with Gasteiger partial charge in [-0.1, -0.05) is 36.4 Å². The fourth-order valence-electron chi connectivity index (χ4n) is 5.35. The minimum absolute atomic E-state index is 0.0292. The second kappa shape index (κ2) is 10.6. The first-order valence-corrected chi connectivity index (χ1v) is 12.6. The molecule has 3 aromatic rings. The number of methoxy groups -OCH3 is 2. The summed E-state index contributed by atoms with van der Waals surface area (Å²) in [5.74, 6) is 1.34. The van der Waals surface area contributed by atoms with Crippen molar-refractivity contribution in [2.45, 2.75) is 45.1 Å². The van der Waals surface area contributed by atoms with Crippen LogP contribution in [0, 0.1) is 6.92 Å². The van der Waals surface area contributed by atoms with Crippen molar-refractivity contribution in [3.8, 4) is 11.5 Å². The number of aryl methyl sites for hydroxylation is 1. The summed E-state index contributed by atoms with van der Waals surface area (Å²) < 4.78 is 22.6. The highest BCUT2D eigenvalue weighted by Crippen LogP contribution is 2.46. The summed E-state index contributed by atoms with van der Waals surface area (Å²) >= 11 is 0. The molecule has 2 aliphatic rings. The molecule has 1 N–H and O–H groups in total. The maximum Gasteiger partial charge on any atom is 0.337 e. The molecule has 0 saturated carbocycles. The Morgan fingerprint density at radius 2 is 1.74 bits per heavy atom. The summed E-state index contributed by atoms with van der Waals surface area (Å²) in [6.07, 6.45) is 0.911. The Hall–Kier alpha value is -4.26. The van der Waals surface area contributed by atoms with Crippen molar-refractivity contribution in [2.24, 2.45) is 0 Å². The van der Waals surface area contributed by atoms with Gasteiger partial charge in [0.15, 0.2) is 17.3 Å². The zero-order valence-electron chi connectivity index (χ0n) is 22.0. The number of furan rings is 1. The lowest BCUT2D eigenvalue weighted by atomic mass is 9.73. The van der Waals surface area contributed by atoms with E-state index in [2.05, 4.69) is 5.32 Å². The van der Waals surface area contributed by atoms with Gasteiger partial charge in [0, 0.05) is 23.4 Å². The van der Waals surface area contributed by atoms with Crippen LogP contribution in [0.3, 0.4) is 0 Å². The molecule has 2 atom stereocenters. The van der Waals surface area contributed by atoms with E-state index in [4.69, 9.17) is 18.6 Å². The van der Waals surface area contributed by atoms with E-state index in [1.807, 2.05) is 74.5 Å². The fourth-order valence-corrected chi connectivity index (χ4v) is 5.35. The fraction of sp³-hybridized carbons (Fsp3) is 0.290. The summed E-state index contributed by atoms with van der Waals surface area (Å²) in [6, 6.07) is 19.0. The number of Topliss-reactive ketones (excluding diaryl/α,β-unsaturated/α-hetero) is 1. The van der Waals surface area contributed by atoms with Crippen LogP contribution in [0.2, 0.25) is 0 Å². The van der Waals surface area contributed by atoms with Gasteiger partial charge in [0.2, 0.25) is 0 Å². The normalized spacial score (nSPS) is 19.1. The lowest BCUT2D eigenvalue weighted by Crippen LogP contribution is -2.36. The van der Waals surface area contributed by atoms with Crippen molar-refractivity contribution in [1.29, 1.82) is 0 Å². The molecule has 0 saturated heterocycles. The zero-order valence-corrected chi connectivity index (χ0v) is 22.0. The summed E-state index contributed by atoms with van der Waals surface area (Å²) in [7, 11) is 3.19. The van der Waals surface area contributed by atoms with Crippen molar-refractivity contribution in [3.05, 3.63) is 106 Å². The van der Waals surface area contributed by atoms with Gasteiger partial charge >= 0.3 is 5.97 Å². The number of nitrogens with one attached hydrogen (secondary N) is 1. The van der Waals surface area contributed by atoms with Crippen LogP contribution in [0.15, 0.2) is 87.6 Å². The number of carbonyl (C=O) groups is 2. The van der Waals surface area contributed by atoms with E-state index in [1.54, 1.807) is 14.2 Å². The second-order valence-electron chi connectivity index (χ2n) is 9.64. The van der Waals surface area contributed by atoms with Crippen molar-refractivity contribution in [1.82, 2.24) is 5.32 Å². The Labute approximate surface area is 222 Å². The van der Waals surface area contributed by atoms with Crippen molar-refractivity contribution >= 4 is 11.8 Å². The van der Waals surface area contributed by atoms with Crippen LogP contribution < -0.4 is 14.8 Å². The largest absolute Gasteiger partial charge is 0.493 e. The Morgan fingerprint density at radius 3 is 2.42 bits per heavy atom. The van der Waals surface area contributed by atoms with E-state index in [0.717, 1.165) is 16.8 Å². The van der Waals surface area contributed by atoms with Gasteiger partial charge in [-0.15, -0.1) is 0 Å². The van der Waals surface area contributed by atoms with Gasteiger partial charge in [0.05, 0.1) is 25.7 Å². The summed E-state index contributed by atoms with van der Waals surface area (Å²) in [4.78, 5) is 27.2. The van der Waals surface area contributed by atoms with E-state index in [9.17, 15) is 9.59 Å². The van der Waals surface area contributed by atoms with Gasteiger partial charge in [0.25, 0.3) is 0 Å². The van der Waals surface area contributed by atoms with Crippen molar-refractivity contribution in [2.75, 3.05) is 14.2 Å². The highest BCUT2D eigenvalue weighted by atomic mass is 16.5. The molecular formula is C31H31NO6. The van der Waals surface area contributed by atoms with Crippen LogP contribution in [0.4, 0.5) is 0 Å². The number of rotatable bonds is 7. The molecule has 1 aliphatic heterocycles. The van der Waals surface area contributed by atoms with Gasteiger partial charge in [-0.3, -0.25) is 4.79 Å². The SMILES string of the molecule is COc1ccc(C2CC(=O)C3=C(C2)NC(C)=C(C(=O)OCc2ccccc2)C3c2ccc(C)o2)cc1OC. The Morgan fingerprint density at radius 1 is 0.974 bits per heavy atom. The lowest BCUT2D eigenvalue weighted by molar-refractivity contribution is -0.140. The van der Waals surface area contributed by atoms with Gasteiger partial charge < -0.3 is 23.9 Å². The zero-order chi connectivity index (χ0) is 26.8. The summed E-state index contributed by atoms with van der Waals surface area (Å²) in [6.45, 7) is 3.83. The van der Waals surface area contributed by atoms with Crippen molar-refractivity contribution < 1.29 is 28.2 Å². The van der Waals surface area contributed by atoms with Gasteiger partial charge in [-0.05, 0) is 61.6 Å². The third-order valence-electron chi connectivity index (χ3n) is 7.18. The van der Waals surface area contributed by atoms with E-state index in [1.165, 1.54) is 0 Å². The smallest absolute Gasteiger partial charge is 0.337 e. The first kappa shape index (κ1) is 25.4. The van der Waals surface area contributed by atoms with E-state index >= 15 is 0 Å². The minimum atomic E-state index is -0.637. The maximum atomic E-state index is 13.8. The molecule has 0 spiro atoms. The molecule has 5 rings (SSSR count). The topological polar surface area (TPSA) is 87.0 Å². The standard InChI is InChI=1S/C31H31NO6/c1-18-10-12-26(38-18)30-28(31(34)37-17-20-8-6-5-7-9-20)19(2)32-23-14-22(15-24(33)29(23)30)21-11-13-25(35-3)27(16-21)36-4/h5-13,16,22,30,32H,14-15,17H2,1-4H3. The summed E-state index contributed by atoms with van der Waals surface area (Å²) in [5, 5.41) is 3.38. The number of benzene rings is 2. The molecule has 2 heterocycles. The van der Waals surface area contributed by atoms with Gasteiger partial charge in [-0.25, -0.2) is 4.79 Å². The molecule has 7 nitrogen and oxygen atoms in total. The molecule has 0 fully saturated rings. The molecule has 2 unspecified atom stereocenters. The van der Waals surface area contributed by atoms with Crippen LogP contribution in [-0.2, 0) is 20.9 Å². The molecule has 2 aromatic carbocycles. The molecule has 0 bridgehead atoms. The third-order valence-corrected chi connectivity index (χ3v) is 7.18. The highest BCUT2D eigenvalue weighted by Gasteiger charge is 2.43. The maximum absolute atomic E-state index is 13.8. The predicted molar refractivity (Wildman–Crippen MR) is 142 cm³/mol. The Balaban J connectivity index is 1.48. The third kappa shape index (κ3) is 4.84. The highest BCUT2D eigenvalue weighted by molar-refractivity contribution is 6.04. The molecule has 1 aliphatic carbocycles. The van der Waals surface area contributed by atoms with E-state index in [-0.39, 0.29) is 18.3 Å². The number of carbonyl (C=O) groups excluding carboxylic acids is 2. The number of dihydropyridines is 1. The van der Waals surface area contributed by atoms with Crippen LogP contribution >= 0.6 is 0 Å². The van der Waals surface area contributed by atoms with E-state index < -0.39 is 11.9 Å². The van der Waals surface area contributed by atoms with Crippen LogP contribution in [0.1, 0.15) is 54.2 Å². The molecule has 0 amide bonds. The average molecular weight is 514 g/mol. The molecule has 7 heteroatoms. The molecule has 1 aromatic heterocycles. The molecule has 38 heavy (non-hydrogen) atoms. The Bertz CT molecular complexity index is 1430. The molecule has 0 radical (unpaired) electrons. The van der Waals surface area contributed by atoms with Crippen LogP contribution in [0.5, 0.6) is 11.5 Å². The first-order chi connectivity index (χ1) is 18.4. The predicted octanol–water partition coefficient (Wildman–Crippen LogP) is 5.71. The average Bonchev–Trinajstić information content (AvgIpc) is 3.36. The Kier molecular flexibility index (Phi) is 7.09. The second-order valence-corrected chi connectivity index (χ2v) is 9.64. The number of esters is 1. The quantitative estimate of drug-likeness (QED) is 0.405. The first-order valence-electron chi connectivity index (χ1n) is 12.6. The number of hydrogen-bond donors (Lipinski definition) is 1. The molecule has 196 valence electrons. The van der Waals surface area contributed by atoms with Crippen LogP contribution in [0.25, 0.3) is 0 Å². The van der Waals surface area contributed by atoms with E-state index in [0.29, 0.717) is 52.7 Å². The minimum Gasteiger partial charge on any atom is -0.493 e. The molecular weight excluding hydrogens is 482 g/mol. The van der Waals surface area contributed by atoms with Crippen molar-refractivity contribution in [3.63, 3.8) is 0 Å². The van der Waals surface area contributed by atoms with Gasteiger partial charge in [0.1, 0.15) is 18.1 Å². The number of hydrogen-bond acceptors (Lipinski definition) is 7.